The average Bonchev–Trinajstić information content (AvgIpc) is 2.54. The first-order valence-electron chi connectivity index (χ1n) is 7.60. The van der Waals surface area contributed by atoms with Crippen molar-refractivity contribution in [2.24, 2.45) is 0 Å². The topological polar surface area (TPSA) is 66.5 Å². The van der Waals surface area contributed by atoms with E-state index in [9.17, 15) is 13.2 Å². The molecule has 2 aromatic carbocycles. The van der Waals surface area contributed by atoms with Crippen LogP contribution in [0.4, 0.5) is 5.69 Å². The number of sulfonamides is 1. The Bertz CT molecular complexity index is 833. The largest absolute Gasteiger partial charge is 0.346 e. The minimum atomic E-state index is -3.39. The van der Waals surface area contributed by atoms with Gasteiger partial charge in [0.05, 0.1) is 18.0 Å². The van der Waals surface area contributed by atoms with Gasteiger partial charge in [0.1, 0.15) is 0 Å². The second kappa shape index (κ2) is 7.05. The molecule has 0 saturated heterocycles. The first-order valence-corrected chi connectivity index (χ1v) is 9.45. The highest BCUT2D eigenvalue weighted by Crippen LogP contribution is 2.23. The van der Waals surface area contributed by atoms with E-state index in [0.29, 0.717) is 11.3 Å². The van der Waals surface area contributed by atoms with Gasteiger partial charge in [0.25, 0.3) is 5.91 Å². The Balaban J connectivity index is 2.24. The summed E-state index contributed by atoms with van der Waals surface area (Å²) in [5.74, 6) is -0.241. The Kier molecular flexibility index (Phi) is 5.29. The molecule has 24 heavy (non-hydrogen) atoms. The van der Waals surface area contributed by atoms with Gasteiger partial charge in [-0.3, -0.25) is 9.10 Å². The summed E-state index contributed by atoms with van der Waals surface area (Å²) >= 11 is 0. The number of nitrogens with zero attached hydrogens (tertiary/aromatic N) is 1. The van der Waals surface area contributed by atoms with Crippen molar-refractivity contribution in [1.82, 2.24) is 5.32 Å². The van der Waals surface area contributed by atoms with Crippen molar-refractivity contribution in [3.05, 3.63) is 65.2 Å². The van der Waals surface area contributed by atoms with E-state index in [1.54, 1.807) is 18.2 Å². The third-order valence-corrected chi connectivity index (χ3v) is 5.15. The van der Waals surface area contributed by atoms with Gasteiger partial charge in [-0.05, 0) is 37.1 Å². The zero-order chi connectivity index (χ0) is 17.9. The number of aryl methyl sites for hydroxylation is 1. The number of anilines is 1. The lowest BCUT2D eigenvalue weighted by atomic mass is 10.1. The van der Waals surface area contributed by atoms with Gasteiger partial charge in [-0.25, -0.2) is 8.42 Å². The van der Waals surface area contributed by atoms with E-state index in [-0.39, 0.29) is 11.9 Å². The highest BCUT2D eigenvalue weighted by atomic mass is 32.2. The van der Waals surface area contributed by atoms with E-state index < -0.39 is 10.0 Å². The van der Waals surface area contributed by atoms with Crippen LogP contribution in [0.15, 0.2) is 48.5 Å². The molecular formula is C18H22N2O3S. The first kappa shape index (κ1) is 18.0. The molecule has 128 valence electrons. The van der Waals surface area contributed by atoms with Crippen LogP contribution in [0.1, 0.15) is 34.5 Å². The minimum absolute atomic E-state index is 0.143. The number of carbonyl (C=O) groups is 1. The molecule has 1 N–H and O–H groups in total. The Morgan fingerprint density at radius 1 is 1.12 bits per heavy atom. The van der Waals surface area contributed by atoms with Crippen molar-refractivity contribution in [1.29, 1.82) is 0 Å². The standard InChI is InChI=1S/C18H22N2O3S/c1-13-10-11-16(12-17(13)20(3)24(4,22)23)18(21)19-14(2)15-8-6-5-7-9-15/h5-12,14H,1-4H3,(H,19,21)/t14-/m1/s1. The maximum Gasteiger partial charge on any atom is 0.251 e. The maximum absolute atomic E-state index is 12.5. The summed E-state index contributed by atoms with van der Waals surface area (Å²) in [5, 5.41) is 2.93. The highest BCUT2D eigenvalue weighted by Gasteiger charge is 2.17. The lowest BCUT2D eigenvalue weighted by molar-refractivity contribution is 0.0940. The highest BCUT2D eigenvalue weighted by molar-refractivity contribution is 7.92. The van der Waals surface area contributed by atoms with Crippen molar-refractivity contribution >= 4 is 21.6 Å². The quantitative estimate of drug-likeness (QED) is 0.905. The van der Waals surface area contributed by atoms with Crippen LogP contribution in [0.25, 0.3) is 0 Å². The SMILES string of the molecule is Cc1ccc(C(=O)N[C@H](C)c2ccccc2)cc1N(C)S(C)(=O)=O. The molecule has 0 radical (unpaired) electrons. The van der Waals surface area contributed by atoms with Crippen LogP contribution < -0.4 is 9.62 Å². The number of benzene rings is 2. The molecule has 0 aliphatic carbocycles. The van der Waals surface area contributed by atoms with E-state index in [4.69, 9.17) is 0 Å². The Morgan fingerprint density at radius 3 is 2.33 bits per heavy atom. The van der Waals surface area contributed by atoms with Crippen LogP contribution in [-0.4, -0.2) is 27.6 Å². The third-order valence-electron chi connectivity index (χ3n) is 3.96. The maximum atomic E-state index is 12.5. The summed E-state index contributed by atoms with van der Waals surface area (Å²) in [4.78, 5) is 12.5. The number of hydrogen-bond acceptors (Lipinski definition) is 3. The number of carbonyl (C=O) groups excluding carboxylic acids is 1. The number of amides is 1. The minimum Gasteiger partial charge on any atom is -0.346 e. The molecule has 0 bridgehead atoms. The number of rotatable bonds is 5. The van der Waals surface area contributed by atoms with E-state index >= 15 is 0 Å². The molecule has 6 heteroatoms. The fraction of sp³-hybridized carbons (Fsp3) is 0.278. The van der Waals surface area contributed by atoms with Gasteiger partial charge in [0.15, 0.2) is 0 Å². The van der Waals surface area contributed by atoms with Crippen molar-refractivity contribution in [3.63, 3.8) is 0 Å². The summed E-state index contributed by atoms with van der Waals surface area (Å²) in [6.07, 6.45) is 1.14. The molecule has 0 fully saturated rings. The first-order chi connectivity index (χ1) is 11.2. The van der Waals surface area contributed by atoms with Crippen LogP contribution in [0.2, 0.25) is 0 Å². The predicted molar refractivity (Wildman–Crippen MR) is 96.7 cm³/mol. The molecular weight excluding hydrogens is 324 g/mol. The third kappa shape index (κ3) is 4.14. The van der Waals surface area contributed by atoms with Crippen molar-refractivity contribution in [2.45, 2.75) is 19.9 Å². The average molecular weight is 346 g/mol. The van der Waals surface area contributed by atoms with Gasteiger partial charge in [0.2, 0.25) is 10.0 Å². The summed E-state index contributed by atoms with van der Waals surface area (Å²) in [5.41, 5.74) is 2.72. The summed E-state index contributed by atoms with van der Waals surface area (Å²) in [6, 6.07) is 14.6. The summed E-state index contributed by atoms with van der Waals surface area (Å²) < 4.78 is 24.7. The Hall–Kier alpha value is -2.34. The lowest BCUT2D eigenvalue weighted by Gasteiger charge is -2.20. The molecule has 5 nitrogen and oxygen atoms in total. The van der Waals surface area contributed by atoms with E-state index in [1.165, 1.54) is 11.4 Å². The molecule has 0 saturated carbocycles. The number of hydrogen-bond donors (Lipinski definition) is 1. The summed E-state index contributed by atoms with van der Waals surface area (Å²) in [6.45, 7) is 3.72. The smallest absolute Gasteiger partial charge is 0.251 e. The van der Waals surface area contributed by atoms with Gasteiger partial charge in [0, 0.05) is 12.6 Å². The zero-order valence-electron chi connectivity index (χ0n) is 14.3. The van der Waals surface area contributed by atoms with Crippen LogP contribution in [0.5, 0.6) is 0 Å². The molecule has 2 rings (SSSR count). The fourth-order valence-electron chi connectivity index (χ4n) is 2.37. The summed E-state index contributed by atoms with van der Waals surface area (Å²) in [7, 11) is -1.91. The van der Waals surface area contributed by atoms with E-state index in [2.05, 4.69) is 5.32 Å². The van der Waals surface area contributed by atoms with E-state index in [0.717, 1.165) is 17.4 Å². The van der Waals surface area contributed by atoms with Crippen LogP contribution in [0, 0.1) is 6.92 Å². The van der Waals surface area contributed by atoms with Gasteiger partial charge in [-0.1, -0.05) is 36.4 Å². The van der Waals surface area contributed by atoms with Gasteiger partial charge in [-0.15, -0.1) is 0 Å². The van der Waals surface area contributed by atoms with Crippen LogP contribution >= 0.6 is 0 Å². The number of nitrogens with one attached hydrogen (secondary N) is 1. The van der Waals surface area contributed by atoms with Crippen LogP contribution in [-0.2, 0) is 10.0 Å². The monoisotopic (exact) mass is 346 g/mol. The molecule has 0 heterocycles. The van der Waals surface area contributed by atoms with Crippen molar-refractivity contribution in [2.75, 3.05) is 17.6 Å². The molecule has 0 spiro atoms. The predicted octanol–water partition coefficient (Wildman–Crippen LogP) is 2.88. The molecule has 1 amide bonds. The molecule has 0 unspecified atom stereocenters. The fourth-order valence-corrected chi connectivity index (χ4v) is 2.93. The van der Waals surface area contributed by atoms with Crippen molar-refractivity contribution < 1.29 is 13.2 Å². The second-order valence-electron chi connectivity index (χ2n) is 5.84. The second-order valence-corrected chi connectivity index (χ2v) is 7.85. The molecule has 0 aromatic heterocycles. The Morgan fingerprint density at radius 2 is 1.75 bits per heavy atom. The molecule has 0 aliphatic rings. The van der Waals surface area contributed by atoms with Gasteiger partial charge in [-0.2, -0.15) is 0 Å². The van der Waals surface area contributed by atoms with Gasteiger partial charge < -0.3 is 5.32 Å². The lowest BCUT2D eigenvalue weighted by Crippen LogP contribution is -2.28. The van der Waals surface area contributed by atoms with E-state index in [1.807, 2.05) is 44.2 Å². The van der Waals surface area contributed by atoms with Crippen molar-refractivity contribution in [3.8, 4) is 0 Å². The van der Waals surface area contributed by atoms with Gasteiger partial charge >= 0.3 is 0 Å². The molecule has 0 aliphatic heterocycles. The molecule has 2 aromatic rings. The van der Waals surface area contributed by atoms with Crippen LogP contribution in [0.3, 0.4) is 0 Å². The Labute approximate surface area is 143 Å². The normalized spacial score (nSPS) is 12.5. The zero-order valence-corrected chi connectivity index (χ0v) is 15.1. The molecule has 1 atom stereocenters.